The van der Waals surface area contributed by atoms with Crippen molar-refractivity contribution in [1.82, 2.24) is 4.90 Å². The molecule has 0 bridgehead atoms. The van der Waals surface area contributed by atoms with Crippen molar-refractivity contribution < 1.29 is 14.6 Å². The summed E-state index contributed by atoms with van der Waals surface area (Å²) in [4.78, 5) is 13.0. The minimum absolute atomic E-state index is 0.131. The van der Waals surface area contributed by atoms with Crippen LogP contribution in [0.1, 0.15) is 18.4 Å². The van der Waals surface area contributed by atoms with E-state index in [-0.39, 0.29) is 5.92 Å². The summed E-state index contributed by atoms with van der Waals surface area (Å²) in [6.07, 6.45) is 2.55. The van der Waals surface area contributed by atoms with Gasteiger partial charge in [-0.25, -0.2) is 0 Å². The van der Waals surface area contributed by atoms with Crippen LogP contribution in [0.25, 0.3) is 0 Å². The first-order chi connectivity index (χ1) is 9.10. The molecule has 1 fully saturated rings. The fraction of sp³-hybridized carbons (Fsp3) is 0.533. The van der Waals surface area contributed by atoms with Crippen LogP contribution in [0.3, 0.4) is 0 Å². The number of nitrogens with zero attached hydrogens (tertiary/aromatic N) is 1. The molecule has 0 amide bonds. The maximum absolute atomic E-state index is 10.8. The number of aliphatic carboxylic acids is 1. The average Bonchev–Trinajstić information content (AvgIpc) is 2.34. The van der Waals surface area contributed by atoms with E-state index in [2.05, 4.69) is 24.1 Å². The molecule has 1 aromatic rings. The lowest BCUT2D eigenvalue weighted by molar-refractivity contribution is -0.146. The molecule has 1 N–H and O–H groups in total. The molecular formula is C15H21NO3. The number of carboxylic acids is 1. The number of methoxy groups -OCH3 is 1. The SMILES string of the molecule is COc1ccc(CCN(C)C2CC(C(=O)O)C2)cc1. The molecule has 0 atom stereocenters. The summed E-state index contributed by atoms with van der Waals surface area (Å²) in [7, 11) is 3.74. The second-order valence-electron chi connectivity index (χ2n) is 5.24. The molecule has 0 heterocycles. The topological polar surface area (TPSA) is 49.8 Å². The second-order valence-corrected chi connectivity index (χ2v) is 5.24. The Morgan fingerprint density at radius 2 is 2.00 bits per heavy atom. The molecule has 1 saturated carbocycles. The highest BCUT2D eigenvalue weighted by Gasteiger charge is 2.36. The molecule has 0 saturated heterocycles. The van der Waals surface area contributed by atoms with E-state index in [1.165, 1.54) is 5.56 Å². The summed E-state index contributed by atoms with van der Waals surface area (Å²) in [5.41, 5.74) is 1.28. The van der Waals surface area contributed by atoms with Crippen LogP contribution in [0.15, 0.2) is 24.3 Å². The largest absolute Gasteiger partial charge is 0.497 e. The molecule has 1 aromatic carbocycles. The van der Waals surface area contributed by atoms with E-state index in [1.807, 2.05) is 12.1 Å². The average molecular weight is 263 g/mol. The Morgan fingerprint density at radius 1 is 1.37 bits per heavy atom. The number of carboxylic acid groups (broad SMARTS) is 1. The summed E-state index contributed by atoms with van der Waals surface area (Å²) in [6.45, 7) is 0.962. The summed E-state index contributed by atoms with van der Waals surface area (Å²) in [6, 6.07) is 8.53. The Balaban J connectivity index is 1.74. The van der Waals surface area contributed by atoms with Gasteiger partial charge in [0.2, 0.25) is 0 Å². The first kappa shape index (κ1) is 13.9. The lowest BCUT2D eigenvalue weighted by atomic mass is 9.79. The molecule has 0 unspecified atom stereocenters. The summed E-state index contributed by atoms with van der Waals surface area (Å²) in [5, 5.41) is 8.86. The molecular weight excluding hydrogens is 242 g/mol. The molecule has 1 aliphatic carbocycles. The van der Waals surface area contributed by atoms with Gasteiger partial charge in [0.25, 0.3) is 0 Å². The zero-order valence-electron chi connectivity index (χ0n) is 11.5. The molecule has 1 aliphatic rings. The number of hydrogen-bond acceptors (Lipinski definition) is 3. The highest BCUT2D eigenvalue weighted by molar-refractivity contribution is 5.71. The van der Waals surface area contributed by atoms with E-state index < -0.39 is 5.97 Å². The van der Waals surface area contributed by atoms with Crippen LogP contribution >= 0.6 is 0 Å². The highest BCUT2D eigenvalue weighted by atomic mass is 16.5. The highest BCUT2D eigenvalue weighted by Crippen LogP contribution is 2.31. The van der Waals surface area contributed by atoms with Gasteiger partial charge in [-0.05, 0) is 44.0 Å². The van der Waals surface area contributed by atoms with Gasteiger partial charge >= 0.3 is 5.97 Å². The van der Waals surface area contributed by atoms with Gasteiger partial charge in [-0.15, -0.1) is 0 Å². The van der Waals surface area contributed by atoms with Crippen LogP contribution in [0.4, 0.5) is 0 Å². The molecule has 0 radical (unpaired) electrons. The van der Waals surface area contributed by atoms with Crippen molar-refractivity contribution in [3.05, 3.63) is 29.8 Å². The summed E-state index contributed by atoms with van der Waals surface area (Å²) in [5.74, 6) is 0.0913. The predicted molar refractivity (Wildman–Crippen MR) is 73.5 cm³/mol. The molecule has 4 heteroatoms. The van der Waals surface area contributed by atoms with Crippen molar-refractivity contribution in [2.45, 2.75) is 25.3 Å². The molecule has 4 nitrogen and oxygen atoms in total. The van der Waals surface area contributed by atoms with Crippen LogP contribution in [-0.4, -0.2) is 42.7 Å². The normalized spacial score (nSPS) is 22.1. The maximum atomic E-state index is 10.8. The van der Waals surface area contributed by atoms with E-state index in [9.17, 15) is 4.79 Å². The summed E-state index contributed by atoms with van der Waals surface area (Å²) < 4.78 is 5.13. The Bertz CT molecular complexity index is 424. The quantitative estimate of drug-likeness (QED) is 0.853. The molecule has 0 aromatic heterocycles. The van der Waals surface area contributed by atoms with Gasteiger partial charge < -0.3 is 14.7 Å². The Labute approximate surface area is 114 Å². The van der Waals surface area contributed by atoms with Gasteiger partial charge in [0, 0.05) is 12.6 Å². The zero-order chi connectivity index (χ0) is 13.8. The third kappa shape index (κ3) is 3.47. The minimum atomic E-state index is -0.653. The second kappa shape index (κ2) is 6.06. The third-order valence-corrected chi connectivity index (χ3v) is 4.00. The minimum Gasteiger partial charge on any atom is -0.497 e. The van der Waals surface area contributed by atoms with Gasteiger partial charge in [0.15, 0.2) is 0 Å². The Hall–Kier alpha value is -1.55. The van der Waals surface area contributed by atoms with E-state index in [1.54, 1.807) is 7.11 Å². The standard InChI is InChI=1S/C15H21NO3/c1-16(13-9-12(10-13)15(17)18)8-7-11-3-5-14(19-2)6-4-11/h3-6,12-13H,7-10H2,1-2H3,(H,17,18). The number of likely N-dealkylation sites (N-methyl/N-ethyl adjacent to an activating group) is 1. The van der Waals surface area contributed by atoms with E-state index in [0.29, 0.717) is 6.04 Å². The monoisotopic (exact) mass is 263 g/mol. The lowest BCUT2D eigenvalue weighted by Crippen LogP contribution is -2.45. The fourth-order valence-corrected chi connectivity index (χ4v) is 2.43. The maximum Gasteiger partial charge on any atom is 0.306 e. The number of carbonyl (C=O) groups is 1. The predicted octanol–water partition coefficient (Wildman–Crippen LogP) is 2.03. The van der Waals surface area contributed by atoms with Gasteiger partial charge in [-0.3, -0.25) is 4.79 Å². The third-order valence-electron chi connectivity index (χ3n) is 4.00. The molecule has 104 valence electrons. The van der Waals surface area contributed by atoms with Gasteiger partial charge in [-0.1, -0.05) is 12.1 Å². The number of hydrogen-bond donors (Lipinski definition) is 1. The van der Waals surface area contributed by atoms with Crippen molar-refractivity contribution >= 4 is 5.97 Å². The zero-order valence-corrected chi connectivity index (χ0v) is 11.5. The van der Waals surface area contributed by atoms with E-state index >= 15 is 0 Å². The van der Waals surface area contributed by atoms with Crippen molar-refractivity contribution in [3.63, 3.8) is 0 Å². The van der Waals surface area contributed by atoms with E-state index in [0.717, 1.165) is 31.6 Å². The van der Waals surface area contributed by atoms with Crippen molar-refractivity contribution in [1.29, 1.82) is 0 Å². The van der Waals surface area contributed by atoms with Crippen molar-refractivity contribution in [3.8, 4) is 5.75 Å². The summed E-state index contributed by atoms with van der Waals surface area (Å²) >= 11 is 0. The first-order valence-electron chi connectivity index (χ1n) is 6.66. The molecule has 2 rings (SSSR count). The fourth-order valence-electron chi connectivity index (χ4n) is 2.43. The lowest BCUT2D eigenvalue weighted by Gasteiger charge is -2.39. The smallest absolute Gasteiger partial charge is 0.306 e. The van der Waals surface area contributed by atoms with Crippen LogP contribution in [0.5, 0.6) is 5.75 Å². The Morgan fingerprint density at radius 3 is 2.53 bits per heavy atom. The molecule has 0 spiro atoms. The van der Waals surface area contributed by atoms with Crippen LogP contribution < -0.4 is 4.74 Å². The number of ether oxygens (including phenoxy) is 1. The van der Waals surface area contributed by atoms with Crippen molar-refractivity contribution in [2.75, 3.05) is 20.7 Å². The van der Waals surface area contributed by atoms with Crippen LogP contribution in [0, 0.1) is 5.92 Å². The number of rotatable bonds is 6. The molecule has 19 heavy (non-hydrogen) atoms. The Kier molecular flexibility index (Phi) is 4.43. The number of benzene rings is 1. The van der Waals surface area contributed by atoms with Crippen LogP contribution in [0.2, 0.25) is 0 Å². The van der Waals surface area contributed by atoms with Crippen LogP contribution in [-0.2, 0) is 11.2 Å². The van der Waals surface area contributed by atoms with Crippen molar-refractivity contribution in [2.24, 2.45) is 5.92 Å². The first-order valence-corrected chi connectivity index (χ1v) is 6.66. The van der Waals surface area contributed by atoms with Gasteiger partial charge in [-0.2, -0.15) is 0 Å². The van der Waals surface area contributed by atoms with E-state index in [4.69, 9.17) is 9.84 Å². The van der Waals surface area contributed by atoms with Gasteiger partial charge in [0.05, 0.1) is 13.0 Å². The van der Waals surface area contributed by atoms with Gasteiger partial charge in [0.1, 0.15) is 5.75 Å². The molecule has 0 aliphatic heterocycles.